The SMILES string of the molecule is COc1ccc(OCC(C)CS(N)(=O)=O)cc1. The zero-order chi connectivity index (χ0) is 12.9. The third-order valence-corrected chi connectivity index (χ3v) is 3.14. The summed E-state index contributed by atoms with van der Waals surface area (Å²) >= 11 is 0. The number of primary sulfonamides is 1. The van der Waals surface area contributed by atoms with Crippen molar-refractivity contribution in [1.82, 2.24) is 0 Å². The molecule has 2 N–H and O–H groups in total. The van der Waals surface area contributed by atoms with E-state index in [-0.39, 0.29) is 11.7 Å². The Morgan fingerprint density at radius 1 is 1.24 bits per heavy atom. The molecule has 0 amide bonds. The number of rotatable bonds is 6. The van der Waals surface area contributed by atoms with Gasteiger partial charge in [0, 0.05) is 5.92 Å². The molecule has 0 radical (unpaired) electrons. The second-order valence-corrected chi connectivity index (χ2v) is 5.58. The second-order valence-electron chi connectivity index (χ2n) is 3.92. The summed E-state index contributed by atoms with van der Waals surface area (Å²) in [7, 11) is -1.85. The lowest BCUT2D eigenvalue weighted by molar-refractivity contribution is 0.271. The number of sulfonamides is 1. The number of hydrogen-bond acceptors (Lipinski definition) is 4. The zero-order valence-corrected chi connectivity index (χ0v) is 10.7. The fraction of sp³-hybridized carbons (Fsp3) is 0.455. The zero-order valence-electron chi connectivity index (χ0n) is 9.92. The molecule has 0 heterocycles. The minimum absolute atomic E-state index is 0.0802. The molecule has 0 aliphatic carbocycles. The fourth-order valence-corrected chi connectivity index (χ4v) is 2.24. The number of nitrogens with two attached hydrogens (primary N) is 1. The summed E-state index contributed by atoms with van der Waals surface area (Å²) in [5.41, 5.74) is 0. The van der Waals surface area contributed by atoms with E-state index < -0.39 is 10.0 Å². The van der Waals surface area contributed by atoms with Gasteiger partial charge in [-0.3, -0.25) is 0 Å². The molecule has 0 aliphatic heterocycles. The van der Waals surface area contributed by atoms with Crippen LogP contribution in [0.1, 0.15) is 6.92 Å². The van der Waals surface area contributed by atoms with Gasteiger partial charge in [-0.25, -0.2) is 13.6 Å². The first-order valence-electron chi connectivity index (χ1n) is 5.18. The molecule has 0 saturated carbocycles. The normalized spacial score (nSPS) is 13.1. The number of benzene rings is 1. The molecule has 96 valence electrons. The molecule has 0 spiro atoms. The van der Waals surface area contributed by atoms with Crippen molar-refractivity contribution in [1.29, 1.82) is 0 Å². The molecule has 0 bridgehead atoms. The Bertz CT molecular complexity index is 441. The first kappa shape index (κ1) is 13.8. The second kappa shape index (κ2) is 5.88. The summed E-state index contributed by atoms with van der Waals surface area (Å²) in [6.45, 7) is 2.08. The number of methoxy groups -OCH3 is 1. The van der Waals surface area contributed by atoms with Gasteiger partial charge in [0.25, 0.3) is 0 Å². The Morgan fingerprint density at radius 3 is 2.24 bits per heavy atom. The van der Waals surface area contributed by atoms with E-state index in [4.69, 9.17) is 14.6 Å². The predicted molar refractivity (Wildman–Crippen MR) is 65.6 cm³/mol. The van der Waals surface area contributed by atoms with Gasteiger partial charge in [0.1, 0.15) is 11.5 Å². The van der Waals surface area contributed by atoms with Gasteiger partial charge in [-0.15, -0.1) is 0 Å². The molecular formula is C11H17NO4S. The smallest absolute Gasteiger partial charge is 0.209 e. The van der Waals surface area contributed by atoms with E-state index in [0.717, 1.165) is 5.75 Å². The average molecular weight is 259 g/mol. The van der Waals surface area contributed by atoms with Crippen LogP contribution in [0, 0.1) is 5.92 Å². The van der Waals surface area contributed by atoms with Crippen molar-refractivity contribution in [3.05, 3.63) is 24.3 Å². The van der Waals surface area contributed by atoms with Crippen LogP contribution in [0.2, 0.25) is 0 Å². The first-order chi connectivity index (χ1) is 7.90. The van der Waals surface area contributed by atoms with Crippen molar-refractivity contribution in [2.24, 2.45) is 11.1 Å². The van der Waals surface area contributed by atoms with E-state index in [0.29, 0.717) is 12.4 Å². The Balaban J connectivity index is 2.44. The van der Waals surface area contributed by atoms with Crippen molar-refractivity contribution in [2.75, 3.05) is 19.5 Å². The summed E-state index contributed by atoms with van der Waals surface area (Å²) in [6.07, 6.45) is 0. The van der Waals surface area contributed by atoms with Crippen LogP contribution in [0.3, 0.4) is 0 Å². The Labute approximate surface area is 102 Å². The summed E-state index contributed by atoms with van der Waals surface area (Å²) in [4.78, 5) is 0. The van der Waals surface area contributed by atoms with Gasteiger partial charge < -0.3 is 9.47 Å². The Hall–Kier alpha value is -1.27. The number of ether oxygens (including phenoxy) is 2. The predicted octanol–water partition coefficient (Wildman–Crippen LogP) is 0.999. The van der Waals surface area contributed by atoms with E-state index in [1.54, 1.807) is 38.3 Å². The lowest BCUT2D eigenvalue weighted by atomic mass is 10.2. The molecule has 6 heteroatoms. The standard InChI is InChI=1S/C11H17NO4S/c1-9(8-17(12,13)14)7-16-11-5-3-10(15-2)4-6-11/h3-6,9H,7-8H2,1-2H3,(H2,12,13,14). The molecule has 0 fully saturated rings. The highest BCUT2D eigenvalue weighted by molar-refractivity contribution is 7.89. The molecule has 0 saturated heterocycles. The van der Waals surface area contributed by atoms with Gasteiger partial charge in [0.2, 0.25) is 10.0 Å². The van der Waals surface area contributed by atoms with Gasteiger partial charge in [-0.05, 0) is 24.3 Å². The minimum atomic E-state index is -3.44. The number of hydrogen-bond donors (Lipinski definition) is 1. The largest absolute Gasteiger partial charge is 0.497 e. The van der Waals surface area contributed by atoms with Gasteiger partial charge in [0.15, 0.2) is 0 Å². The Kier molecular flexibility index (Phi) is 4.77. The highest BCUT2D eigenvalue weighted by Gasteiger charge is 2.11. The van der Waals surface area contributed by atoms with Crippen LogP contribution < -0.4 is 14.6 Å². The fourth-order valence-electron chi connectivity index (χ4n) is 1.36. The van der Waals surface area contributed by atoms with Crippen LogP contribution in [0.15, 0.2) is 24.3 Å². The highest BCUT2D eigenvalue weighted by atomic mass is 32.2. The highest BCUT2D eigenvalue weighted by Crippen LogP contribution is 2.17. The van der Waals surface area contributed by atoms with Crippen LogP contribution in [-0.2, 0) is 10.0 Å². The van der Waals surface area contributed by atoms with Crippen molar-refractivity contribution in [3.8, 4) is 11.5 Å². The van der Waals surface area contributed by atoms with E-state index in [1.807, 2.05) is 0 Å². The maximum Gasteiger partial charge on any atom is 0.209 e. The van der Waals surface area contributed by atoms with Gasteiger partial charge in [0.05, 0.1) is 19.5 Å². The molecule has 1 atom stereocenters. The molecule has 1 rings (SSSR count). The van der Waals surface area contributed by atoms with Gasteiger partial charge >= 0.3 is 0 Å². The van der Waals surface area contributed by atoms with E-state index in [2.05, 4.69) is 0 Å². The van der Waals surface area contributed by atoms with Crippen molar-refractivity contribution in [3.63, 3.8) is 0 Å². The summed E-state index contributed by atoms with van der Waals surface area (Å²) in [6, 6.07) is 7.09. The molecule has 0 aromatic heterocycles. The van der Waals surface area contributed by atoms with Gasteiger partial charge in [-0.1, -0.05) is 6.92 Å². The topological polar surface area (TPSA) is 78.6 Å². The van der Waals surface area contributed by atoms with E-state index >= 15 is 0 Å². The van der Waals surface area contributed by atoms with Crippen molar-refractivity contribution < 1.29 is 17.9 Å². The quantitative estimate of drug-likeness (QED) is 0.826. The Morgan fingerprint density at radius 2 is 1.76 bits per heavy atom. The van der Waals surface area contributed by atoms with Crippen LogP contribution in [0.5, 0.6) is 11.5 Å². The van der Waals surface area contributed by atoms with Crippen molar-refractivity contribution in [2.45, 2.75) is 6.92 Å². The minimum Gasteiger partial charge on any atom is -0.497 e. The van der Waals surface area contributed by atoms with Gasteiger partial charge in [-0.2, -0.15) is 0 Å². The van der Waals surface area contributed by atoms with Crippen LogP contribution in [0.25, 0.3) is 0 Å². The lowest BCUT2D eigenvalue weighted by Gasteiger charge is -2.12. The van der Waals surface area contributed by atoms with E-state index in [9.17, 15) is 8.42 Å². The maximum absolute atomic E-state index is 10.8. The van der Waals surface area contributed by atoms with E-state index in [1.165, 1.54) is 0 Å². The third-order valence-electron chi connectivity index (χ3n) is 2.11. The van der Waals surface area contributed by atoms with Crippen LogP contribution in [-0.4, -0.2) is 27.9 Å². The van der Waals surface area contributed by atoms with Crippen LogP contribution in [0.4, 0.5) is 0 Å². The summed E-state index contributed by atoms with van der Waals surface area (Å²) in [5.74, 6) is 1.19. The van der Waals surface area contributed by atoms with Crippen LogP contribution >= 0.6 is 0 Å². The monoisotopic (exact) mass is 259 g/mol. The first-order valence-corrected chi connectivity index (χ1v) is 6.89. The lowest BCUT2D eigenvalue weighted by Crippen LogP contribution is -2.25. The average Bonchev–Trinajstić information content (AvgIpc) is 2.25. The molecular weight excluding hydrogens is 242 g/mol. The summed E-state index contributed by atoms with van der Waals surface area (Å²) in [5, 5.41) is 4.94. The molecule has 1 unspecified atom stereocenters. The molecule has 1 aromatic rings. The molecule has 5 nitrogen and oxygen atoms in total. The van der Waals surface area contributed by atoms with Crippen molar-refractivity contribution >= 4 is 10.0 Å². The molecule has 0 aliphatic rings. The molecule has 17 heavy (non-hydrogen) atoms. The summed E-state index contributed by atoms with van der Waals surface area (Å²) < 4.78 is 32.1. The maximum atomic E-state index is 10.8. The molecule has 1 aromatic carbocycles. The third kappa shape index (κ3) is 5.55.